The summed E-state index contributed by atoms with van der Waals surface area (Å²) in [6.45, 7) is 9.08. The van der Waals surface area contributed by atoms with Gasteiger partial charge in [-0.3, -0.25) is 0 Å². The van der Waals surface area contributed by atoms with E-state index in [0.29, 0.717) is 0 Å². The third kappa shape index (κ3) is 1.27. The summed E-state index contributed by atoms with van der Waals surface area (Å²) in [6.07, 6.45) is 1.98. The fourth-order valence-electron chi connectivity index (χ4n) is 1.73. The van der Waals surface area contributed by atoms with Gasteiger partial charge in [-0.15, -0.1) is 6.58 Å². The molecular formula is C12H16N2. The van der Waals surface area contributed by atoms with E-state index in [0.717, 1.165) is 6.67 Å². The maximum Gasteiger partial charge on any atom is 0.0886 e. The molecule has 0 saturated carbocycles. The van der Waals surface area contributed by atoms with E-state index in [1.807, 2.05) is 6.08 Å². The van der Waals surface area contributed by atoms with Gasteiger partial charge in [0.05, 0.1) is 23.6 Å². The number of hydrogen-bond donors (Lipinski definition) is 1. The molecule has 0 atom stereocenters. The molecule has 74 valence electrons. The van der Waals surface area contributed by atoms with Gasteiger partial charge in [-0.25, -0.2) is 0 Å². The fraction of sp³-hybridized carbons (Fsp3) is 0.333. The van der Waals surface area contributed by atoms with Gasteiger partial charge in [-0.1, -0.05) is 18.2 Å². The first-order valence-corrected chi connectivity index (χ1v) is 4.89. The zero-order chi connectivity index (χ0) is 10.2. The van der Waals surface area contributed by atoms with Gasteiger partial charge in [-0.05, 0) is 26.0 Å². The summed E-state index contributed by atoms with van der Waals surface area (Å²) in [5.41, 5.74) is 2.47. The number of benzene rings is 1. The van der Waals surface area contributed by atoms with E-state index in [2.05, 4.69) is 54.9 Å². The molecule has 1 heterocycles. The van der Waals surface area contributed by atoms with E-state index < -0.39 is 0 Å². The second kappa shape index (κ2) is 3.05. The molecule has 0 saturated heterocycles. The van der Waals surface area contributed by atoms with Crippen molar-refractivity contribution < 1.29 is 0 Å². The van der Waals surface area contributed by atoms with Gasteiger partial charge < -0.3 is 10.2 Å². The van der Waals surface area contributed by atoms with Crippen LogP contribution in [0.5, 0.6) is 0 Å². The van der Waals surface area contributed by atoms with Crippen molar-refractivity contribution in [3.63, 3.8) is 0 Å². The van der Waals surface area contributed by atoms with Crippen LogP contribution in [0.2, 0.25) is 0 Å². The Labute approximate surface area is 85.2 Å². The molecule has 2 nitrogen and oxygen atoms in total. The predicted molar refractivity (Wildman–Crippen MR) is 61.7 cm³/mol. The molecule has 1 aromatic carbocycles. The highest BCUT2D eigenvalue weighted by Gasteiger charge is 2.28. The van der Waals surface area contributed by atoms with Crippen LogP contribution in [0, 0.1) is 0 Å². The minimum Gasteiger partial charge on any atom is -0.366 e. The highest BCUT2D eigenvalue weighted by Crippen LogP contribution is 2.35. The molecule has 0 spiro atoms. The monoisotopic (exact) mass is 188 g/mol. The highest BCUT2D eigenvalue weighted by molar-refractivity contribution is 5.75. The van der Waals surface area contributed by atoms with E-state index in [9.17, 15) is 0 Å². The van der Waals surface area contributed by atoms with Crippen LogP contribution in [0.1, 0.15) is 13.8 Å². The van der Waals surface area contributed by atoms with E-state index in [1.54, 1.807) is 0 Å². The lowest BCUT2D eigenvalue weighted by atomic mass is 10.0. The minimum absolute atomic E-state index is 0.000394. The van der Waals surface area contributed by atoms with Crippen molar-refractivity contribution in [3.05, 3.63) is 36.9 Å². The molecular weight excluding hydrogens is 172 g/mol. The van der Waals surface area contributed by atoms with Gasteiger partial charge in [-0.2, -0.15) is 0 Å². The van der Waals surface area contributed by atoms with E-state index in [1.165, 1.54) is 11.4 Å². The number of anilines is 2. The maximum atomic E-state index is 3.88. The van der Waals surface area contributed by atoms with Crippen LogP contribution in [-0.4, -0.2) is 12.2 Å². The maximum absolute atomic E-state index is 3.88. The molecule has 1 aliphatic heterocycles. The number of nitrogens with one attached hydrogen (secondary N) is 1. The van der Waals surface area contributed by atoms with Crippen molar-refractivity contribution in [1.82, 2.24) is 0 Å². The molecule has 0 aliphatic carbocycles. The number of rotatable bonds is 2. The quantitative estimate of drug-likeness (QED) is 0.718. The topological polar surface area (TPSA) is 15.3 Å². The lowest BCUT2D eigenvalue weighted by molar-refractivity contribution is 0.587. The van der Waals surface area contributed by atoms with Crippen molar-refractivity contribution in [2.75, 3.05) is 16.9 Å². The number of para-hydroxylation sites is 2. The molecule has 0 aromatic heterocycles. The van der Waals surface area contributed by atoms with E-state index in [-0.39, 0.29) is 5.54 Å². The van der Waals surface area contributed by atoms with Gasteiger partial charge >= 0.3 is 0 Å². The highest BCUT2D eigenvalue weighted by atomic mass is 15.3. The lowest BCUT2D eigenvalue weighted by Gasteiger charge is -2.34. The van der Waals surface area contributed by atoms with Crippen LogP contribution in [0.4, 0.5) is 11.4 Å². The summed E-state index contributed by atoms with van der Waals surface area (Å²) in [5.74, 6) is 0. The van der Waals surface area contributed by atoms with Gasteiger partial charge in [0, 0.05) is 0 Å². The third-order valence-corrected chi connectivity index (χ3v) is 2.82. The Morgan fingerprint density at radius 1 is 1.43 bits per heavy atom. The second-order valence-electron chi connectivity index (χ2n) is 4.14. The van der Waals surface area contributed by atoms with E-state index in [4.69, 9.17) is 0 Å². The zero-order valence-electron chi connectivity index (χ0n) is 8.75. The largest absolute Gasteiger partial charge is 0.366 e. The molecule has 2 heteroatoms. The summed E-state index contributed by atoms with van der Waals surface area (Å²) in [5, 5.41) is 3.37. The standard InChI is InChI=1S/C12H16N2/c1-4-12(2,3)14-9-13-10-7-5-6-8-11(10)14/h4-8,13H,1,9H2,2-3H3. The van der Waals surface area contributed by atoms with Gasteiger partial charge in [0.1, 0.15) is 0 Å². The first-order valence-electron chi connectivity index (χ1n) is 4.89. The normalized spacial score (nSPS) is 14.9. The van der Waals surface area contributed by atoms with E-state index >= 15 is 0 Å². The van der Waals surface area contributed by atoms with Crippen LogP contribution < -0.4 is 10.2 Å². The molecule has 0 amide bonds. The predicted octanol–water partition coefficient (Wildman–Crippen LogP) is 2.84. The second-order valence-corrected chi connectivity index (χ2v) is 4.14. The molecule has 0 unspecified atom stereocenters. The van der Waals surface area contributed by atoms with Crippen LogP contribution in [0.3, 0.4) is 0 Å². The SMILES string of the molecule is C=CC(C)(C)N1CNc2ccccc21. The Morgan fingerprint density at radius 2 is 2.14 bits per heavy atom. The van der Waals surface area contributed by atoms with Crippen molar-refractivity contribution in [1.29, 1.82) is 0 Å². The summed E-state index contributed by atoms with van der Waals surface area (Å²) in [4.78, 5) is 2.31. The molecule has 1 aliphatic rings. The Hall–Kier alpha value is -1.44. The van der Waals surface area contributed by atoms with Crippen molar-refractivity contribution in [3.8, 4) is 0 Å². The van der Waals surface area contributed by atoms with Crippen molar-refractivity contribution >= 4 is 11.4 Å². The van der Waals surface area contributed by atoms with Gasteiger partial charge in [0.2, 0.25) is 0 Å². The zero-order valence-corrected chi connectivity index (χ0v) is 8.75. The van der Waals surface area contributed by atoms with Crippen molar-refractivity contribution in [2.45, 2.75) is 19.4 Å². The van der Waals surface area contributed by atoms with Crippen LogP contribution in [-0.2, 0) is 0 Å². The number of hydrogen-bond acceptors (Lipinski definition) is 2. The summed E-state index contributed by atoms with van der Waals surface area (Å²) >= 11 is 0. The Bertz CT molecular complexity index is 355. The Morgan fingerprint density at radius 3 is 2.86 bits per heavy atom. The third-order valence-electron chi connectivity index (χ3n) is 2.82. The van der Waals surface area contributed by atoms with Crippen LogP contribution in [0.15, 0.2) is 36.9 Å². The fourth-order valence-corrected chi connectivity index (χ4v) is 1.73. The van der Waals surface area contributed by atoms with Gasteiger partial charge in [0.15, 0.2) is 0 Å². The molecule has 2 rings (SSSR count). The van der Waals surface area contributed by atoms with Gasteiger partial charge in [0.25, 0.3) is 0 Å². The summed E-state index contributed by atoms with van der Waals surface area (Å²) in [7, 11) is 0. The van der Waals surface area contributed by atoms with Crippen LogP contribution >= 0.6 is 0 Å². The summed E-state index contributed by atoms with van der Waals surface area (Å²) < 4.78 is 0. The molecule has 0 fully saturated rings. The lowest BCUT2D eigenvalue weighted by Crippen LogP contribution is -2.42. The molecule has 1 aromatic rings. The molecule has 0 bridgehead atoms. The first-order chi connectivity index (χ1) is 6.65. The molecule has 14 heavy (non-hydrogen) atoms. The Kier molecular flexibility index (Phi) is 1.99. The number of fused-ring (bicyclic) bond motifs is 1. The number of nitrogens with zero attached hydrogens (tertiary/aromatic N) is 1. The summed E-state index contributed by atoms with van der Waals surface area (Å²) in [6, 6.07) is 8.36. The molecule has 1 N–H and O–H groups in total. The smallest absolute Gasteiger partial charge is 0.0886 e. The Balaban J connectivity index is 2.39. The van der Waals surface area contributed by atoms with Crippen LogP contribution in [0.25, 0.3) is 0 Å². The first kappa shape index (κ1) is 9.13. The minimum atomic E-state index is -0.000394. The van der Waals surface area contributed by atoms with Crippen molar-refractivity contribution in [2.24, 2.45) is 0 Å². The average molecular weight is 188 g/mol. The average Bonchev–Trinajstić information content (AvgIpc) is 2.61. The molecule has 0 radical (unpaired) electrons.